The van der Waals surface area contributed by atoms with Crippen molar-refractivity contribution in [3.63, 3.8) is 0 Å². The first-order valence-electron chi connectivity index (χ1n) is 10.8. The lowest BCUT2D eigenvalue weighted by Gasteiger charge is -2.33. The number of fused-ring (bicyclic) bond motifs is 4. The molecule has 166 valence electrons. The van der Waals surface area contributed by atoms with E-state index in [1.807, 2.05) is 24.3 Å². The van der Waals surface area contributed by atoms with Gasteiger partial charge in [0.25, 0.3) is 0 Å². The SMILES string of the molecule is COc1cc2c(cc1C1=CCN(C(=O)O)CC1)C(C)(C)c1[nH]c3cc(C#N)ccc3c1C2=O. The molecule has 7 nitrogen and oxygen atoms in total. The number of amides is 1. The molecule has 2 heterocycles. The minimum Gasteiger partial charge on any atom is -0.496 e. The zero-order valence-electron chi connectivity index (χ0n) is 18.7. The van der Waals surface area contributed by atoms with Gasteiger partial charge in [0.2, 0.25) is 0 Å². The summed E-state index contributed by atoms with van der Waals surface area (Å²) in [5.41, 5.74) is 5.66. The molecular formula is C26H23N3O4. The number of carbonyl (C=O) groups excluding carboxylic acids is 1. The van der Waals surface area contributed by atoms with Gasteiger partial charge < -0.3 is 19.7 Å². The number of ether oxygens (including phenoxy) is 1. The molecule has 1 aliphatic heterocycles. The summed E-state index contributed by atoms with van der Waals surface area (Å²) in [4.78, 5) is 29.7. The van der Waals surface area contributed by atoms with E-state index in [0.717, 1.165) is 33.3 Å². The number of ketones is 1. The van der Waals surface area contributed by atoms with E-state index in [2.05, 4.69) is 24.9 Å². The molecule has 0 spiro atoms. The van der Waals surface area contributed by atoms with Crippen molar-refractivity contribution >= 4 is 28.4 Å². The molecule has 1 aliphatic carbocycles. The molecule has 0 bridgehead atoms. The smallest absolute Gasteiger partial charge is 0.407 e. The Kier molecular flexibility index (Phi) is 4.57. The number of nitrogens with one attached hydrogen (secondary N) is 1. The second kappa shape index (κ2) is 7.24. The molecule has 0 unspecified atom stereocenters. The lowest BCUT2D eigenvalue weighted by Crippen LogP contribution is -2.33. The number of nitriles is 1. The van der Waals surface area contributed by atoms with Gasteiger partial charge in [-0.1, -0.05) is 26.0 Å². The monoisotopic (exact) mass is 441 g/mol. The van der Waals surface area contributed by atoms with Crippen LogP contribution in [0.3, 0.4) is 0 Å². The summed E-state index contributed by atoms with van der Waals surface area (Å²) in [6.45, 7) is 4.89. The van der Waals surface area contributed by atoms with Crippen molar-refractivity contribution in [2.75, 3.05) is 20.2 Å². The molecule has 3 aromatic rings. The average molecular weight is 441 g/mol. The molecule has 2 aromatic carbocycles. The Morgan fingerprint density at radius 3 is 2.67 bits per heavy atom. The van der Waals surface area contributed by atoms with Crippen molar-refractivity contribution in [2.45, 2.75) is 25.7 Å². The fourth-order valence-corrected chi connectivity index (χ4v) is 5.03. The van der Waals surface area contributed by atoms with Crippen LogP contribution in [0.5, 0.6) is 5.75 Å². The zero-order chi connectivity index (χ0) is 23.5. The Hall–Kier alpha value is -4.05. The van der Waals surface area contributed by atoms with Crippen LogP contribution < -0.4 is 4.74 Å². The Morgan fingerprint density at radius 1 is 1.24 bits per heavy atom. The predicted octanol–water partition coefficient (Wildman–Crippen LogP) is 4.69. The van der Waals surface area contributed by atoms with Crippen LogP contribution in [-0.4, -0.2) is 47.1 Å². The van der Waals surface area contributed by atoms with Gasteiger partial charge in [0.1, 0.15) is 5.75 Å². The molecule has 5 rings (SSSR count). The summed E-state index contributed by atoms with van der Waals surface area (Å²) in [6, 6.07) is 11.3. The predicted molar refractivity (Wildman–Crippen MR) is 124 cm³/mol. The second-order valence-electron chi connectivity index (χ2n) is 9.01. The minimum atomic E-state index is -0.930. The van der Waals surface area contributed by atoms with Gasteiger partial charge in [0.05, 0.1) is 24.3 Å². The maximum Gasteiger partial charge on any atom is 0.407 e. The number of hydrogen-bond donors (Lipinski definition) is 2. The fourth-order valence-electron chi connectivity index (χ4n) is 5.03. The van der Waals surface area contributed by atoms with E-state index in [1.165, 1.54) is 4.90 Å². The molecular weight excluding hydrogens is 418 g/mol. The number of carbonyl (C=O) groups is 2. The van der Waals surface area contributed by atoms with E-state index in [1.54, 1.807) is 19.2 Å². The van der Waals surface area contributed by atoms with Crippen LogP contribution in [0.1, 0.15) is 58.6 Å². The van der Waals surface area contributed by atoms with Crippen LogP contribution in [0.4, 0.5) is 4.79 Å². The summed E-state index contributed by atoms with van der Waals surface area (Å²) in [5, 5.41) is 19.3. The molecule has 1 amide bonds. The van der Waals surface area contributed by atoms with Crippen LogP contribution in [0, 0.1) is 11.3 Å². The molecule has 2 N–H and O–H groups in total. The quantitative estimate of drug-likeness (QED) is 0.600. The highest BCUT2D eigenvalue weighted by Gasteiger charge is 2.40. The first kappa shape index (κ1) is 20.8. The molecule has 33 heavy (non-hydrogen) atoms. The average Bonchev–Trinajstić information content (AvgIpc) is 3.22. The molecule has 1 aromatic heterocycles. The van der Waals surface area contributed by atoms with E-state index in [9.17, 15) is 20.0 Å². The third-order valence-corrected chi connectivity index (χ3v) is 6.86. The highest BCUT2D eigenvalue weighted by Crippen LogP contribution is 2.46. The van der Waals surface area contributed by atoms with Gasteiger partial charge in [-0.3, -0.25) is 4.79 Å². The van der Waals surface area contributed by atoms with E-state index < -0.39 is 11.5 Å². The summed E-state index contributed by atoms with van der Waals surface area (Å²) < 4.78 is 5.68. The van der Waals surface area contributed by atoms with Crippen molar-refractivity contribution in [2.24, 2.45) is 0 Å². The number of aromatic amines is 1. The number of H-pyrrole nitrogens is 1. The Labute approximate surface area is 190 Å². The van der Waals surface area contributed by atoms with Crippen molar-refractivity contribution < 1.29 is 19.4 Å². The van der Waals surface area contributed by atoms with Gasteiger partial charge in [-0.25, -0.2) is 4.79 Å². The van der Waals surface area contributed by atoms with E-state index in [0.29, 0.717) is 42.0 Å². The summed E-state index contributed by atoms with van der Waals surface area (Å²) in [7, 11) is 1.58. The van der Waals surface area contributed by atoms with Crippen LogP contribution in [0.15, 0.2) is 36.4 Å². The zero-order valence-corrected chi connectivity index (χ0v) is 18.7. The van der Waals surface area contributed by atoms with Gasteiger partial charge in [-0.15, -0.1) is 0 Å². The lowest BCUT2D eigenvalue weighted by atomic mass is 9.70. The minimum absolute atomic E-state index is 0.0743. The number of nitrogens with zero attached hydrogens (tertiary/aromatic N) is 2. The second-order valence-corrected chi connectivity index (χ2v) is 9.01. The molecule has 0 radical (unpaired) electrons. The highest BCUT2D eigenvalue weighted by molar-refractivity contribution is 6.20. The highest BCUT2D eigenvalue weighted by atomic mass is 16.5. The Bertz CT molecular complexity index is 1420. The van der Waals surface area contributed by atoms with E-state index in [-0.39, 0.29) is 5.78 Å². The summed E-state index contributed by atoms with van der Waals surface area (Å²) in [5.74, 6) is 0.526. The van der Waals surface area contributed by atoms with Gasteiger partial charge in [0, 0.05) is 46.2 Å². The molecule has 0 fully saturated rings. The third kappa shape index (κ3) is 3.02. The van der Waals surface area contributed by atoms with Crippen molar-refractivity contribution in [3.8, 4) is 11.8 Å². The molecule has 0 saturated carbocycles. The largest absolute Gasteiger partial charge is 0.496 e. The maximum absolute atomic E-state index is 13.7. The van der Waals surface area contributed by atoms with Gasteiger partial charge in [-0.2, -0.15) is 5.26 Å². The van der Waals surface area contributed by atoms with Gasteiger partial charge >= 0.3 is 6.09 Å². The van der Waals surface area contributed by atoms with Crippen LogP contribution in [0.2, 0.25) is 0 Å². The van der Waals surface area contributed by atoms with Crippen molar-refractivity contribution in [3.05, 3.63) is 69.9 Å². The number of rotatable bonds is 2. The standard InChI is InChI=1S/C26H23N3O4/c1-26(2)19-11-17(15-6-8-29(9-7-15)25(31)32)21(33-3)12-18(19)23(30)22-16-5-4-14(13-27)10-20(16)28-24(22)26/h4-6,10-12,28H,7-9H2,1-3H3,(H,31,32). The summed E-state index contributed by atoms with van der Waals surface area (Å²) in [6.07, 6.45) is 1.56. The Morgan fingerprint density at radius 2 is 2.03 bits per heavy atom. The van der Waals surface area contributed by atoms with Gasteiger partial charge in [-0.05, 0) is 41.8 Å². The van der Waals surface area contributed by atoms with E-state index in [4.69, 9.17) is 4.74 Å². The first-order valence-corrected chi connectivity index (χ1v) is 10.8. The number of methoxy groups -OCH3 is 1. The fraction of sp³-hybridized carbons (Fsp3) is 0.269. The summed E-state index contributed by atoms with van der Waals surface area (Å²) >= 11 is 0. The topological polar surface area (TPSA) is 106 Å². The maximum atomic E-state index is 13.7. The van der Waals surface area contributed by atoms with E-state index >= 15 is 0 Å². The lowest BCUT2D eigenvalue weighted by molar-refractivity contribution is 0.103. The van der Waals surface area contributed by atoms with Crippen LogP contribution >= 0.6 is 0 Å². The molecule has 0 saturated heterocycles. The van der Waals surface area contributed by atoms with Crippen LogP contribution in [-0.2, 0) is 5.41 Å². The molecule has 2 aliphatic rings. The first-order chi connectivity index (χ1) is 15.8. The number of carboxylic acid groups (broad SMARTS) is 1. The van der Waals surface area contributed by atoms with Crippen LogP contribution in [0.25, 0.3) is 16.5 Å². The Balaban J connectivity index is 1.68. The third-order valence-electron chi connectivity index (χ3n) is 6.86. The molecule has 0 atom stereocenters. The number of hydrogen-bond acceptors (Lipinski definition) is 4. The number of aromatic nitrogens is 1. The van der Waals surface area contributed by atoms with Crippen molar-refractivity contribution in [1.82, 2.24) is 9.88 Å². The van der Waals surface area contributed by atoms with Gasteiger partial charge in [0.15, 0.2) is 5.78 Å². The normalized spacial score (nSPS) is 16.6. The molecule has 7 heteroatoms. The number of benzene rings is 2. The van der Waals surface area contributed by atoms with Crippen molar-refractivity contribution in [1.29, 1.82) is 5.26 Å².